The molecule has 0 N–H and O–H groups in total. The lowest BCUT2D eigenvalue weighted by molar-refractivity contribution is 0.305. The van der Waals surface area contributed by atoms with Crippen molar-refractivity contribution in [3.63, 3.8) is 0 Å². The van der Waals surface area contributed by atoms with Gasteiger partial charge in [-0.3, -0.25) is 0 Å². The molecule has 1 aliphatic rings. The summed E-state index contributed by atoms with van der Waals surface area (Å²) in [6, 6.07) is 9.45. The fourth-order valence-corrected chi connectivity index (χ4v) is 3.74. The summed E-state index contributed by atoms with van der Waals surface area (Å²) in [7, 11) is 0. The van der Waals surface area contributed by atoms with E-state index in [0.29, 0.717) is 0 Å². The summed E-state index contributed by atoms with van der Waals surface area (Å²) in [5.41, 5.74) is 3.04. The van der Waals surface area contributed by atoms with Crippen molar-refractivity contribution < 1.29 is 0 Å². The molecule has 0 unspecified atom stereocenters. The molecule has 1 aromatic rings. The second kappa shape index (κ2) is 9.66. The zero-order chi connectivity index (χ0) is 15.6. The molecule has 0 bridgehead atoms. The van der Waals surface area contributed by atoms with Crippen molar-refractivity contribution in [1.82, 2.24) is 0 Å². The molecule has 1 aromatic carbocycles. The molecule has 0 saturated heterocycles. The van der Waals surface area contributed by atoms with E-state index in [9.17, 15) is 0 Å². The van der Waals surface area contributed by atoms with E-state index in [1.807, 2.05) is 6.08 Å². The minimum absolute atomic E-state index is 0.804. The monoisotopic (exact) mass is 296 g/mol. The molecule has 0 heteroatoms. The van der Waals surface area contributed by atoms with Crippen molar-refractivity contribution >= 4 is 0 Å². The number of aryl methyl sites for hydroxylation is 1. The van der Waals surface area contributed by atoms with Gasteiger partial charge in [0.2, 0.25) is 0 Å². The molecule has 120 valence electrons. The molecule has 0 amide bonds. The maximum Gasteiger partial charge on any atom is -0.0162 e. The van der Waals surface area contributed by atoms with Gasteiger partial charge in [0.15, 0.2) is 0 Å². The molecule has 1 aliphatic carbocycles. The molecule has 0 aromatic heterocycles. The van der Waals surface area contributed by atoms with E-state index in [-0.39, 0.29) is 0 Å². The number of hydrogen-bond acceptors (Lipinski definition) is 0. The van der Waals surface area contributed by atoms with Crippen LogP contribution in [-0.2, 0) is 6.42 Å². The van der Waals surface area contributed by atoms with E-state index in [2.05, 4.69) is 43.5 Å². The van der Waals surface area contributed by atoms with Crippen LogP contribution in [0.2, 0.25) is 0 Å². The van der Waals surface area contributed by atoms with Crippen molar-refractivity contribution in [3.8, 4) is 0 Å². The van der Waals surface area contributed by atoms with Crippen molar-refractivity contribution in [1.29, 1.82) is 0 Å². The average molecular weight is 296 g/mol. The van der Waals surface area contributed by atoms with Crippen LogP contribution in [0.5, 0.6) is 0 Å². The Kier molecular flexibility index (Phi) is 7.49. The molecule has 0 atom stereocenters. The third kappa shape index (κ3) is 5.48. The lowest BCUT2D eigenvalue weighted by atomic mass is 9.77. The smallest absolute Gasteiger partial charge is 0.0162 e. The van der Waals surface area contributed by atoms with Crippen LogP contribution in [0.3, 0.4) is 0 Å². The average Bonchev–Trinajstić information content (AvgIpc) is 2.57. The molecule has 0 nitrogen and oxygen atoms in total. The fourth-order valence-electron chi connectivity index (χ4n) is 3.74. The molecule has 2 rings (SSSR count). The Morgan fingerprint density at radius 1 is 0.864 bits per heavy atom. The lowest BCUT2D eigenvalue weighted by Crippen LogP contribution is -2.13. The summed E-state index contributed by atoms with van der Waals surface area (Å²) in [6.07, 6.45) is 17.1. The van der Waals surface area contributed by atoms with E-state index in [1.165, 1.54) is 63.4 Å². The van der Waals surface area contributed by atoms with Crippen LogP contribution in [-0.4, -0.2) is 0 Å². The second-order valence-electron chi connectivity index (χ2n) is 6.86. The largest absolute Gasteiger partial charge is 0.103 e. The minimum Gasteiger partial charge on any atom is -0.103 e. The summed E-state index contributed by atoms with van der Waals surface area (Å²) in [4.78, 5) is 0. The van der Waals surface area contributed by atoms with E-state index < -0.39 is 0 Å². The zero-order valence-electron chi connectivity index (χ0n) is 14.1. The highest BCUT2D eigenvalue weighted by Gasteiger charge is 2.21. The van der Waals surface area contributed by atoms with E-state index >= 15 is 0 Å². The number of allylic oxidation sites excluding steroid dienone is 2. The molecular formula is C22H32. The van der Waals surface area contributed by atoms with Gasteiger partial charge < -0.3 is 0 Å². The topological polar surface area (TPSA) is 0 Å². The maximum atomic E-state index is 3.82. The van der Waals surface area contributed by atoms with Crippen LogP contribution in [0.15, 0.2) is 49.6 Å². The number of rotatable bonds is 9. The van der Waals surface area contributed by atoms with Crippen LogP contribution in [0, 0.1) is 5.92 Å². The Hall–Kier alpha value is -1.30. The van der Waals surface area contributed by atoms with Gasteiger partial charge in [0.25, 0.3) is 0 Å². The Bertz CT molecular complexity index is 432. The summed E-state index contributed by atoms with van der Waals surface area (Å²) >= 11 is 0. The van der Waals surface area contributed by atoms with E-state index in [0.717, 1.165) is 18.3 Å². The van der Waals surface area contributed by atoms with Gasteiger partial charge in [-0.05, 0) is 80.8 Å². The first kappa shape index (κ1) is 17.1. The first-order valence-electron chi connectivity index (χ1n) is 9.14. The molecule has 0 heterocycles. The van der Waals surface area contributed by atoms with Gasteiger partial charge >= 0.3 is 0 Å². The quantitative estimate of drug-likeness (QED) is 0.346. The normalized spacial score (nSPS) is 21.5. The predicted molar refractivity (Wildman–Crippen MR) is 98.3 cm³/mol. The fraction of sp³-hybridized carbons (Fsp3) is 0.545. The van der Waals surface area contributed by atoms with Gasteiger partial charge in [0, 0.05) is 0 Å². The molecule has 0 aliphatic heterocycles. The molecule has 1 fully saturated rings. The highest BCUT2D eigenvalue weighted by atomic mass is 14.3. The Labute approximate surface area is 137 Å². The molecule has 0 spiro atoms. The Balaban J connectivity index is 1.76. The molecular weight excluding hydrogens is 264 g/mol. The van der Waals surface area contributed by atoms with Crippen LogP contribution in [0.4, 0.5) is 0 Å². The summed E-state index contributed by atoms with van der Waals surface area (Å²) in [5.74, 6) is 1.77. The molecule has 1 saturated carbocycles. The second-order valence-corrected chi connectivity index (χ2v) is 6.86. The highest BCUT2D eigenvalue weighted by molar-refractivity contribution is 5.26. The third-order valence-electron chi connectivity index (χ3n) is 5.19. The number of benzene rings is 1. The van der Waals surface area contributed by atoms with Gasteiger partial charge in [-0.15, -0.1) is 13.2 Å². The Morgan fingerprint density at radius 3 is 2.14 bits per heavy atom. The van der Waals surface area contributed by atoms with Crippen LogP contribution >= 0.6 is 0 Å². The summed E-state index contributed by atoms with van der Waals surface area (Å²) in [5, 5.41) is 0. The standard InChI is InChI=1S/C22H32/c1-3-5-7-9-19-11-15-21(16-12-19)22-17-13-20(14-18-22)10-8-6-4-2/h3-4,11-12,15-16,20,22H,1-2,5-10,13-14,17-18H2/t20-,22-. The van der Waals surface area contributed by atoms with E-state index in [4.69, 9.17) is 0 Å². The number of hydrogen-bond donors (Lipinski definition) is 0. The van der Waals surface area contributed by atoms with Crippen LogP contribution < -0.4 is 0 Å². The van der Waals surface area contributed by atoms with Gasteiger partial charge in [-0.25, -0.2) is 0 Å². The first-order valence-corrected chi connectivity index (χ1v) is 9.14. The van der Waals surface area contributed by atoms with Crippen molar-refractivity contribution in [2.45, 2.75) is 70.1 Å². The van der Waals surface area contributed by atoms with Crippen LogP contribution in [0.25, 0.3) is 0 Å². The van der Waals surface area contributed by atoms with Gasteiger partial charge in [-0.2, -0.15) is 0 Å². The molecule has 22 heavy (non-hydrogen) atoms. The third-order valence-corrected chi connectivity index (χ3v) is 5.19. The van der Waals surface area contributed by atoms with Crippen LogP contribution in [0.1, 0.15) is 74.8 Å². The van der Waals surface area contributed by atoms with E-state index in [1.54, 1.807) is 5.56 Å². The van der Waals surface area contributed by atoms with Gasteiger partial charge in [0.05, 0.1) is 0 Å². The predicted octanol–water partition coefficient (Wildman–Crippen LogP) is 6.83. The lowest BCUT2D eigenvalue weighted by Gasteiger charge is -2.29. The first-order chi connectivity index (χ1) is 10.8. The summed E-state index contributed by atoms with van der Waals surface area (Å²) < 4.78 is 0. The Morgan fingerprint density at radius 2 is 1.50 bits per heavy atom. The molecule has 0 radical (unpaired) electrons. The maximum absolute atomic E-state index is 3.82. The number of unbranched alkanes of at least 4 members (excludes halogenated alkanes) is 2. The SMILES string of the molecule is C=CCCCc1ccc([C@H]2CC[C@H](CCCC=C)CC2)cc1. The van der Waals surface area contributed by atoms with Gasteiger partial charge in [-0.1, -0.05) is 42.8 Å². The minimum atomic E-state index is 0.804. The zero-order valence-corrected chi connectivity index (χ0v) is 14.1. The summed E-state index contributed by atoms with van der Waals surface area (Å²) in [6.45, 7) is 7.61. The van der Waals surface area contributed by atoms with Crippen molar-refractivity contribution in [3.05, 3.63) is 60.7 Å². The van der Waals surface area contributed by atoms with Gasteiger partial charge in [0.1, 0.15) is 0 Å². The van der Waals surface area contributed by atoms with Crippen molar-refractivity contribution in [2.75, 3.05) is 0 Å². The highest BCUT2D eigenvalue weighted by Crippen LogP contribution is 2.37. The van der Waals surface area contributed by atoms with Crippen molar-refractivity contribution in [2.24, 2.45) is 5.92 Å².